The van der Waals surface area contributed by atoms with Crippen LogP contribution >= 0.6 is 0 Å². The molecule has 4 fully saturated rings. The van der Waals surface area contributed by atoms with Crippen LogP contribution in [0.15, 0.2) is 36.4 Å². The van der Waals surface area contributed by atoms with Gasteiger partial charge in [0.15, 0.2) is 0 Å². The number of fused-ring (bicyclic) bond motifs is 2. The van der Waals surface area contributed by atoms with Crippen molar-refractivity contribution in [1.29, 1.82) is 0 Å². The molecule has 0 N–H and O–H groups in total. The summed E-state index contributed by atoms with van der Waals surface area (Å²) >= 11 is 0. The first kappa shape index (κ1) is 20.1. The number of esters is 1. The monoisotopic (exact) mass is 408 g/mol. The number of rotatable bonds is 3. The molecule has 0 amide bonds. The van der Waals surface area contributed by atoms with Crippen LogP contribution in [0.3, 0.4) is 0 Å². The zero-order valence-electron chi connectivity index (χ0n) is 18.6. The Balaban J connectivity index is 1.23. The summed E-state index contributed by atoms with van der Waals surface area (Å²) in [6.45, 7) is 13.9. The quantitative estimate of drug-likeness (QED) is 0.547. The first-order chi connectivity index (χ1) is 14.4. The van der Waals surface area contributed by atoms with E-state index >= 15 is 0 Å². The van der Waals surface area contributed by atoms with Crippen LogP contribution < -0.4 is 4.90 Å². The summed E-state index contributed by atoms with van der Waals surface area (Å²) in [5.41, 5.74) is 4.33. The van der Waals surface area contributed by atoms with E-state index in [1.54, 1.807) is 0 Å². The largest absolute Gasteiger partial charge is 0.462 e. The molecule has 5 atom stereocenters. The second-order valence-electron chi connectivity index (χ2n) is 10.5. The van der Waals surface area contributed by atoms with E-state index in [0.717, 1.165) is 52.0 Å². The fraction of sp³-hybridized carbons (Fsp3) is 0.654. The fourth-order valence-electron chi connectivity index (χ4n) is 6.76. The summed E-state index contributed by atoms with van der Waals surface area (Å²) in [6, 6.07) is 8.77. The molecule has 0 bridgehead atoms. The van der Waals surface area contributed by atoms with Gasteiger partial charge in [-0.2, -0.15) is 0 Å². The Bertz CT molecular complexity index is 828. The van der Waals surface area contributed by atoms with Crippen molar-refractivity contribution in [3.8, 4) is 0 Å². The lowest BCUT2D eigenvalue weighted by molar-refractivity contribution is -0.146. The zero-order valence-corrected chi connectivity index (χ0v) is 18.6. The lowest BCUT2D eigenvalue weighted by atomic mass is 9.55. The van der Waals surface area contributed by atoms with Crippen molar-refractivity contribution in [2.75, 3.05) is 37.6 Å². The van der Waals surface area contributed by atoms with E-state index in [0.29, 0.717) is 11.8 Å². The highest BCUT2D eigenvalue weighted by Gasteiger charge is 2.55. The molecule has 30 heavy (non-hydrogen) atoms. The number of aryl methyl sites for hydroxylation is 1. The van der Waals surface area contributed by atoms with Crippen LogP contribution in [0, 0.1) is 30.1 Å². The summed E-state index contributed by atoms with van der Waals surface area (Å²) < 4.78 is 5.97. The Morgan fingerprint density at radius 3 is 2.80 bits per heavy atom. The van der Waals surface area contributed by atoms with Crippen LogP contribution in [0.1, 0.15) is 44.6 Å². The van der Waals surface area contributed by atoms with Crippen LogP contribution in [-0.4, -0.2) is 49.7 Å². The normalized spacial score (nSPS) is 36.9. The summed E-state index contributed by atoms with van der Waals surface area (Å²) in [5, 5.41) is 0. The van der Waals surface area contributed by atoms with Gasteiger partial charge in [0.05, 0.1) is 5.92 Å². The standard InChI is InChI=1S/C26H36N2O2/c1-18-6-4-8-20(14-18)28-12-10-27(11-13-28)17-22-21-15-23-19(2)7-5-9-26(23,3)16-24(21)30-25(22)29/h4,6,8,14,21-24H,2,5,7,9-13,15-17H2,1,3H3/t21-,22+,23+,24+,26+/m0/s1. The molecule has 1 aromatic rings. The Kier molecular flexibility index (Phi) is 5.17. The number of ether oxygens (including phenoxy) is 1. The highest BCUT2D eigenvalue weighted by atomic mass is 16.6. The minimum Gasteiger partial charge on any atom is -0.462 e. The van der Waals surface area contributed by atoms with E-state index in [4.69, 9.17) is 4.74 Å². The van der Waals surface area contributed by atoms with Crippen molar-refractivity contribution >= 4 is 11.7 Å². The van der Waals surface area contributed by atoms with Gasteiger partial charge in [0, 0.05) is 44.3 Å². The summed E-state index contributed by atoms with van der Waals surface area (Å²) in [5.74, 6) is 1.04. The molecule has 0 aromatic heterocycles. The molecule has 162 valence electrons. The molecule has 0 unspecified atom stereocenters. The van der Waals surface area contributed by atoms with Gasteiger partial charge in [0.1, 0.15) is 6.10 Å². The third-order valence-electron chi connectivity index (χ3n) is 8.51. The van der Waals surface area contributed by atoms with Crippen LogP contribution in [0.4, 0.5) is 5.69 Å². The van der Waals surface area contributed by atoms with E-state index in [9.17, 15) is 4.79 Å². The third-order valence-corrected chi connectivity index (χ3v) is 8.51. The number of nitrogens with zero attached hydrogens (tertiary/aromatic N) is 2. The molecular formula is C26H36N2O2. The molecule has 2 saturated carbocycles. The van der Waals surface area contributed by atoms with Gasteiger partial charge in [0.2, 0.25) is 0 Å². The Morgan fingerprint density at radius 2 is 2.03 bits per heavy atom. The van der Waals surface area contributed by atoms with Gasteiger partial charge in [-0.1, -0.05) is 31.2 Å². The molecule has 1 aromatic carbocycles. The van der Waals surface area contributed by atoms with E-state index in [2.05, 4.69) is 54.5 Å². The maximum Gasteiger partial charge on any atom is 0.310 e. The molecule has 2 saturated heterocycles. The number of hydrogen-bond donors (Lipinski definition) is 0. The Labute approximate surface area is 181 Å². The second kappa shape index (κ2) is 7.71. The van der Waals surface area contributed by atoms with Gasteiger partial charge >= 0.3 is 5.97 Å². The van der Waals surface area contributed by atoms with E-state index in [-0.39, 0.29) is 23.4 Å². The zero-order chi connectivity index (χ0) is 20.9. The summed E-state index contributed by atoms with van der Waals surface area (Å²) in [7, 11) is 0. The fourth-order valence-corrected chi connectivity index (χ4v) is 6.76. The number of benzene rings is 1. The van der Waals surface area contributed by atoms with Crippen LogP contribution in [0.25, 0.3) is 0 Å². The molecule has 4 heteroatoms. The van der Waals surface area contributed by atoms with Crippen molar-refractivity contribution < 1.29 is 9.53 Å². The van der Waals surface area contributed by atoms with Crippen LogP contribution in [0.5, 0.6) is 0 Å². The summed E-state index contributed by atoms with van der Waals surface area (Å²) in [4.78, 5) is 17.8. The van der Waals surface area contributed by atoms with Gasteiger partial charge in [-0.05, 0) is 68.1 Å². The van der Waals surface area contributed by atoms with E-state index < -0.39 is 0 Å². The molecule has 2 aliphatic heterocycles. The van der Waals surface area contributed by atoms with Crippen molar-refractivity contribution in [2.24, 2.45) is 23.2 Å². The average molecular weight is 409 g/mol. The smallest absolute Gasteiger partial charge is 0.310 e. The SMILES string of the molecule is C=C1CCC[C@]2(C)C[C@H]3OC(=O)[C@H](CN4CCN(c5cccc(C)c5)CC4)[C@@H]3C[C@H]12. The molecule has 2 heterocycles. The van der Waals surface area contributed by atoms with Gasteiger partial charge in [-0.15, -0.1) is 0 Å². The molecular weight excluding hydrogens is 372 g/mol. The molecule has 4 aliphatic rings. The maximum absolute atomic E-state index is 12.8. The van der Waals surface area contributed by atoms with Crippen molar-refractivity contribution in [3.63, 3.8) is 0 Å². The topological polar surface area (TPSA) is 32.8 Å². The number of carbonyl (C=O) groups excluding carboxylic acids is 1. The van der Waals surface area contributed by atoms with Crippen LogP contribution in [0.2, 0.25) is 0 Å². The number of anilines is 1. The molecule has 0 radical (unpaired) electrons. The Morgan fingerprint density at radius 1 is 1.23 bits per heavy atom. The molecule has 2 aliphatic carbocycles. The summed E-state index contributed by atoms with van der Waals surface area (Å²) in [6.07, 6.45) is 5.92. The molecule has 4 nitrogen and oxygen atoms in total. The highest BCUT2D eigenvalue weighted by molar-refractivity contribution is 5.75. The van der Waals surface area contributed by atoms with E-state index in [1.807, 2.05) is 0 Å². The van der Waals surface area contributed by atoms with Crippen molar-refractivity contribution in [1.82, 2.24) is 4.90 Å². The average Bonchev–Trinajstić information content (AvgIpc) is 3.01. The Hall–Kier alpha value is -1.81. The minimum absolute atomic E-state index is 0.0415. The maximum atomic E-state index is 12.8. The first-order valence-electron chi connectivity index (χ1n) is 11.8. The van der Waals surface area contributed by atoms with Gasteiger partial charge < -0.3 is 9.64 Å². The van der Waals surface area contributed by atoms with Crippen LogP contribution in [-0.2, 0) is 9.53 Å². The number of carbonyl (C=O) groups is 1. The minimum atomic E-state index is 0.0415. The number of allylic oxidation sites excluding steroid dienone is 1. The van der Waals surface area contributed by atoms with Gasteiger partial charge in [-0.3, -0.25) is 9.69 Å². The van der Waals surface area contributed by atoms with Crippen molar-refractivity contribution in [2.45, 2.75) is 52.1 Å². The molecule has 5 rings (SSSR count). The lowest BCUT2D eigenvalue weighted by Gasteiger charge is -2.50. The predicted octanol–water partition coefficient (Wildman–Crippen LogP) is 4.43. The predicted molar refractivity (Wildman–Crippen MR) is 121 cm³/mol. The van der Waals surface area contributed by atoms with Gasteiger partial charge in [0.25, 0.3) is 0 Å². The molecule has 0 spiro atoms. The third kappa shape index (κ3) is 3.57. The van der Waals surface area contributed by atoms with Crippen molar-refractivity contribution in [3.05, 3.63) is 42.0 Å². The van der Waals surface area contributed by atoms with Gasteiger partial charge in [-0.25, -0.2) is 0 Å². The number of hydrogen-bond acceptors (Lipinski definition) is 4. The first-order valence-corrected chi connectivity index (χ1v) is 11.8. The lowest BCUT2D eigenvalue weighted by Crippen LogP contribution is -2.50. The number of piperazine rings is 1. The highest BCUT2D eigenvalue weighted by Crippen LogP contribution is 2.56. The van der Waals surface area contributed by atoms with E-state index in [1.165, 1.54) is 29.7 Å². The second-order valence-corrected chi connectivity index (χ2v) is 10.5.